The van der Waals surface area contributed by atoms with E-state index in [0.29, 0.717) is 28.0 Å². The lowest BCUT2D eigenvalue weighted by Crippen LogP contribution is -2.45. The van der Waals surface area contributed by atoms with E-state index in [4.69, 9.17) is 23.2 Å². The quantitative estimate of drug-likeness (QED) is 0.474. The van der Waals surface area contributed by atoms with Crippen molar-refractivity contribution in [2.75, 3.05) is 23.7 Å². The van der Waals surface area contributed by atoms with Gasteiger partial charge in [0.2, 0.25) is 11.8 Å². The fourth-order valence-electron chi connectivity index (χ4n) is 2.61. The van der Waals surface area contributed by atoms with E-state index in [9.17, 15) is 19.7 Å². The number of carbonyl (C=O) groups is 2. The number of nitrogens with zero attached hydrogens (tertiary/aromatic N) is 2. The summed E-state index contributed by atoms with van der Waals surface area (Å²) < 4.78 is 0. The van der Waals surface area contributed by atoms with Gasteiger partial charge in [0.25, 0.3) is 5.69 Å². The normalized spacial score (nSPS) is 11.8. The van der Waals surface area contributed by atoms with E-state index in [1.54, 1.807) is 36.1 Å². The van der Waals surface area contributed by atoms with Crippen LogP contribution in [0, 0.1) is 10.1 Å². The van der Waals surface area contributed by atoms with Gasteiger partial charge in [-0.3, -0.25) is 24.6 Å². The Hall–Kier alpha value is -2.68. The van der Waals surface area contributed by atoms with Gasteiger partial charge in [-0.05, 0) is 31.7 Å². The first-order valence-electron chi connectivity index (χ1n) is 8.76. The maximum atomic E-state index is 12.5. The Labute approximate surface area is 177 Å². The van der Waals surface area contributed by atoms with Crippen molar-refractivity contribution in [1.29, 1.82) is 0 Å². The van der Waals surface area contributed by atoms with Crippen LogP contribution in [0.25, 0.3) is 0 Å². The molecule has 0 aliphatic rings. The third-order valence-electron chi connectivity index (χ3n) is 4.23. The summed E-state index contributed by atoms with van der Waals surface area (Å²) in [6.45, 7) is 3.81. The summed E-state index contributed by atoms with van der Waals surface area (Å²) in [5.41, 5.74) is 0.490. The van der Waals surface area contributed by atoms with E-state index in [0.717, 1.165) is 0 Å². The molecular formula is C19H20Cl2N4O4. The molecule has 1 unspecified atom stereocenters. The number of hydrogen-bond acceptors (Lipinski definition) is 5. The molecular weight excluding hydrogens is 419 g/mol. The van der Waals surface area contributed by atoms with E-state index >= 15 is 0 Å². The van der Waals surface area contributed by atoms with Crippen LogP contribution in [0.1, 0.15) is 13.8 Å². The predicted molar refractivity (Wildman–Crippen MR) is 114 cm³/mol. The van der Waals surface area contributed by atoms with Gasteiger partial charge in [-0.2, -0.15) is 0 Å². The molecule has 2 aromatic rings. The molecule has 10 heteroatoms. The number of carbonyl (C=O) groups excluding carboxylic acids is 2. The van der Waals surface area contributed by atoms with Crippen molar-refractivity contribution in [1.82, 2.24) is 4.90 Å². The lowest BCUT2D eigenvalue weighted by molar-refractivity contribution is -0.384. The molecule has 2 aromatic carbocycles. The highest BCUT2D eigenvalue weighted by molar-refractivity contribution is 6.39. The SMILES string of the molecule is CCN(CC(=O)Nc1c(Cl)cccc1Cl)C(C)C(=O)Nc1cccc([N+](=O)[O-])c1. The molecule has 29 heavy (non-hydrogen) atoms. The number of likely N-dealkylation sites (N-methyl/N-ethyl adjacent to an activating group) is 1. The molecule has 0 aliphatic carbocycles. The molecule has 0 radical (unpaired) electrons. The molecule has 0 bridgehead atoms. The highest BCUT2D eigenvalue weighted by Crippen LogP contribution is 2.29. The first-order valence-corrected chi connectivity index (χ1v) is 9.51. The molecule has 0 saturated heterocycles. The Balaban J connectivity index is 2.02. The largest absolute Gasteiger partial charge is 0.324 e. The molecule has 0 saturated carbocycles. The number of halogens is 2. The maximum Gasteiger partial charge on any atom is 0.271 e. The minimum absolute atomic E-state index is 0.0679. The first kappa shape index (κ1) is 22.6. The van der Waals surface area contributed by atoms with Crippen molar-refractivity contribution >= 4 is 52.1 Å². The van der Waals surface area contributed by atoms with Gasteiger partial charge >= 0.3 is 0 Å². The fourth-order valence-corrected chi connectivity index (χ4v) is 3.10. The topological polar surface area (TPSA) is 105 Å². The zero-order valence-corrected chi connectivity index (χ0v) is 17.3. The van der Waals surface area contributed by atoms with Crippen LogP contribution in [-0.4, -0.2) is 40.8 Å². The van der Waals surface area contributed by atoms with Crippen molar-refractivity contribution < 1.29 is 14.5 Å². The van der Waals surface area contributed by atoms with Gasteiger partial charge in [0, 0.05) is 17.8 Å². The summed E-state index contributed by atoms with van der Waals surface area (Å²) in [6, 6.07) is 9.86. The number of hydrogen-bond donors (Lipinski definition) is 2. The van der Waals surface area contributed by atoms with Crippen LogP contribution in [0.5, 0.6) is 0 Å². The third-order valence-corrected chi connectivity index (χ3v) is 4.86. The molecule has 2 amide bonds. The van der Waals surface area contributed by atoms with Crippen molar-refractivity contribution in [3.63, 3.8) is 0 Å². The standard InChI is InChI=1S/C19H20Cl2N4O4/c1-3-24(11-17(26)23-18-15(20)8-5-9-16(18)21)12(2)19(27)22-13-6-4-7-14(10-13)25(28)29/h4-10,12H,3,11H2,1-2H3,(H,22,27)(H,23,26). The summed E-state index contributed by atoms with van der Waals surface area (Å²) in [5.74, 6) is -0.771. The lowest BCUT2D eigenvalue weighted by Gasteiger charge is -2.26. The van der Waals surface area contributed by atoms with Gasteiger partial charge in [-0.1, -0.05) is 42.3 Å². The van der Waals surface area contributed by atoms with Crippen molar-refractivity contribution in [2.45, 2.75) is 19.9 Å². The van der Waals surface area contributed by atoms with Gasteiger partial charge < -0.3 is 10.6 Å². The molecule has 1 atom stereocenters. The summed E-state index contributed by atoms with van der Waals surface area (Å²) in [4.78, 5) is 36.9. The van der Waals surface area contributed by atoms with Gasteiger partial charge in [0.15, 0.2) is 0 Å². The van der Waals surface area contributed by atoms with Crippen molar-refractivity contribution in [3.05, 3.63) is 62.6 Å². The molecule has 154 valence electrons. The zero-order chi connectivity index (χ0) is 21.6. The first-order chi connectivity index (χ1) is 13.7. The van der Waals surface area contributed by atoms with E-state index < -0.39 is 16.9 Å². The highest BCUT2D eigenvalue weighted by Gasteiger charge is 2.23. The monoisotopic (exact) mass is 438 g/mol. The van der Waals surface area contributed by atoms with Crippen LogP contribution in [0.15, 0.2) is 42.5 Å². The Morgan fingerprint density at radius 1 is 1.14 bits per heavy atom. The van der Waals surface area contributed by atoms with E-state index in [-0.39, 0.29) is 18.1 Å². The van der Waals surface area contributed by atoms with Crippen molar-refractivity contribution in [3.8, 4) is 0 Å². The molecule has 2 N–H and O–H groups in total. The molecule has 0 spiro atoms. The minimum Gasteiger partial charge on any atom is -0.324 e. The van der Waals surface area contributed by atoms with Gasteiger partial charge in [-0.15, -0.1) is 0 Å². The zero-order valence-electron chi connectivity index (χ0n) is 15.8. The smallest absolute Gasteiger partial charge is 0.271 e. The maximum absolute atomic E-state index is 12.5. The molecule has 8 nitrogen and oxygen atoms in total. The third kappa shape index (κ3) is 6.15. The number of para-hydroxylation sites is 1. The van der Waals surface area contributed by atoms with Crippen LogP contribution in [0.4, 0.5) is 17.1 Å². The average Bonchev–Trinajstić information content (AvgIpc) is 2.68. The fraction of sp³-hybridized carbons (Fsp3) is 0.263. The number of non-ortho nitro benzene ring substituents is 1. The van der Waals surface area contributed by atoms with Crippen LogP contribution in [-0.2, 0) is 9.59 Å². The number of nitro benzene ring substituents is 1. The van der Waals surface area contributed by atoms with Crippen LogP contribution in [0.3, 0.4) is 0 Å². The number of nitro groups is 1. The van der Waals surface area contributed by atoms with E-state index in [2.05, 4.69) is 10.6 Å². The van der Waals surface area contributed by atoms with Gasteiger partial charge in [0.05, 0.1) is 33.2 Å². The van der Waals surface area contributed by atoms with Gasteiger partial charge in [-0.25, -0.2) is 0 Å². The number of anilines is 2. The number of amides is 2. The second-order valence-electron chi connectivity index (χ2n) is 6.18. The minimum atomic E-state index is -0.660. The Morgan fingerprint density at radius 3 is 2.34 bits per heavy atom. The highest BCUT2D eigenvalue weighted by atomic mass is 35.5. The van der Waals surface area contributed by atoms with Crippen LogP contribution < -0.4 is 10.6 Å². The molecule has 0 fully saturated rings. The number of rotatable bonds is 8. The summed E-state index contributed by atoms with van der Waals surface area (Å²) in [5, 5.41) is 16.8. The summed E-state index contributed by atoms with van der Waals surface area (Å²) in [6.07, 6.45) is 0. The summed E-state index contributed by atoms with van der Waals surface area (Å²) >= 11 is 12.1. The second kappa shape index (κ2) is 10.2. The molecule has 0 aliphatic heterocycles. The van der Waals surface area contributed by atoms with E-state index in [1.165, 1.54) is 18.2 Å². The molecule has 2 rings (SSSR count). The van der Waals surface area contributed by atoms with Crippen LogP contribution >= 0.6 is 23.2 Å². The Morgan fingerprint density at radius 2 is 1.76 bits per heavy atom. The average molecular weight is 439 g/mol. The Kier molecular flexibility index (Phi) is 7.95. The Bertz CT molecular complexity index is 903. The lowest BCUT2D eigenvalue weighted by atomic mass is 10.2. The number of benzene rings is 2. The van der Waals surface area contributed by atoms with Crippen molar-refractivity contribution in [2.24, 2.45) is 0 Å². The number of nitrogens with one attached hydrogen (secondary N) is 2. The summed E-state index contributed by atoms with van der Waals surface area (Å²) in [7, 11) is 0. The van der Waals surface area contributed by atoms with E-state index in [1.807, 2.05) is 6.92 Å². The van der Waals surface area contributed by atoms with Gasteiger partial charge in [0.1, 0.15) is 0 Å². The molecule has 0 heterocycles. The second-order valence-corrected chi connectivity index (χ2v) is 6.99. The van der Waals surface area contributed by atoms with Crippen LogP contribution in [0.2, 0.25) is 10.0 Å². The predicted octanol–water partition coefficient (Wildman–Crippen LogP) is 4.19. The molecule has 0 aromatic heterocycles.